The van der Waals surface area contributed by atoms with E-state index >= 15 is 0 Å². The van der Waals surface area contributed by atoms with Gasteiger partial charge in [0.15, 0.2) is 0 Å². The van der Waals surface area contributed by atoms with Gasteiger partial charge in [0.25, 0.3) is 0 Å². The number of rotatable bonds is 5. The second-order valence-corrected chi connectivity index (χ2v) is 8.83. The first-order chi connectivity index (χ1) is 12.8. The highest BCUT2D eigenvalue weighted by atomic mass is 32.2. The van der Waals surface area contributed by atoms with Crippen LogP contribution in [0.15, 0.2) is 52.4 Å². The molecule has 1 heterocycles. The molecule has 5 heteroatoms. The summed E-state index contributed by atoms with van der Waals surface area (Å²) in [5.74, 6) is 0. The molecule has 3 aromatic rings. The van der Waals surface area contributed by atoms with Gasteiger partial charge in [-0.05, 0) is 70.0 Å². The molecule has 1 aromatic heterocycles. The molecule has 4 nitrogen and oxygen atoms in total. The molecule has 0 aliphatic heterocycles. The third-order valence-electron chi connectivity index (χ3n) is 5.12. The lowest BCUT2D eigenvalue weighted by atomic mass is 10.1. The van der Waals surface area contributed by atoms with E-state index in [4.69, 9.17) is 0 Å². The van der Waals surface area contributed by atoms with Gasteiger partial charge in [-0.3, -0.25) is 4.98 Å². The number of benzene rings is 2. The topological polar surface area (TPSA) is 50.3 Å². The minimum Gasteiger partial charge on any atom is -0.370 e. The summed E-state index contributed by atoms with van der Waals surface area (Å²) in [6, 6.07) is 11.3. The van der Waals surface area contributed by atoms with Crippen molar-refractivity contribution in [3.63, 3.8) is 0 Å². The Hall–Kier alpha value is -2.40. The summed E-state index contributed by atoms with van der Waals surface area (Å²) in [5, 5.41) is 0.878. The Morgan fingerprint density at radius 1 is 0.926 bits per heavy atom. The average Bonchev–Trinajstić information content (AvgIpc) is 2.64. The zero-order chi connectivity index (χ0) is 19.8. The first-order valence-electron chi connectivity index (χ1n) is 9.26. The summed E-state index contributed by atoms with van der Waals surface area (Å²) >= 11 is 0. The molecule has 0 bridgehead atoms. The Morgan fingerprint density at radius 3 is 2.26 bits per heavy atom. The lowest BCUT2D eigenvalue weighted by Crippen LogP contribution is -2.24. The maximum absolute atomic E-state index is 13.5. The number of pyridine rings is 1. The van der Waals surface area contributed by atoms with Gasteiger partial charge in [0.05, 0.1) is 16.1 Å². The smallest absolute Gasteiger partial charge is 0.210 e. The van der Waals surface area contributed by atoms with Gasteiger partial charge in [-0.2, -0.15) is 0 Å². The predicted molar refractivity (Wildman–Crippen MR) is 111 cm³/mol. The molecule has 0 saturated carbocycles. The van der Waals surface area contributed by atoms with Gasteiger partial charge in [0, 0.05) is 24.7 Å². The third kappa shape index (κ3) is 3.44. The standard InChI is InChI=1S/C22H26N2O2S/c1-6-24(7-2)22-19-12-15(3)8-11-20(19)23-14-21(22)27(25,26)18-10-9-16(4)17(5)13-18/h8-14H,6-7H2,1-5H3. The predicted octanol–water partition coefficient (Wildman–Crippen LogP) is 4.84. The van der Waals surface area contributed by atoms with Gasteiger partial charge in [0.1, 0.15) is 4.90 Å². The quantitative estimate of drug-likeness (QED) is 0.634. The first kappa shape index (κ1) is 19.4. The maximum atomic E-state index is 13.5. The Morgan fingerprint density at radius 2 is 1.63 bits per heavy atom. The molecule has 0 N–H and O–H groups in total. The van der Waals surface area contributed by atoms with Crippen molar-refractivity contribution in [1.82, 2.24) is 4.98 Å². The second-order valence-electron chi connectivity index (χ2n) is 6.91. The average molecular weight is 383 g/mol. The van der Waals surface area contributed by atoms with Crippen LogP contribution in [0.3, 0.4) is 0 Å². The van der Waals surface area contributed by atoms with E-state index in [9.17, 15) is 8.42 Å². The number of sulfone groups is 1. The molecule has 0 aliphatic rings. The summed E-state index contributed by atoms with van der Waals surface area (Å²) in [6.07, 6.45) is 1.51. The van der Waals surface area contributed by atoms with Crippen LogP contribution in [0.5, 0.6) is 0 Å². The van der Waals surface area contributed by atoms with E-state index < -0.39 is 9.84 Å². The Kier molecular flexibility index (Phi) is 5.24. The Balaban J connectivity index is 2.35. The van der Waals surface area contributed by atoms with Crippen LogP contribution in [0.2, 0.25) is 0 Å². The van der Waals surface area contributed by atoms with Crippen molar-refractivity contribution in [3.05, 3.63) is 59.3 Å². The van der Waals surface area contributed by atoms with Crippen molar-refractivity contribution in [2.45, 2.75) is 44.4 Å². The van der Waals surface area contributed by atoms with Crippen LogP contribution in [0.4, 0.5) is 5.69 Å². The van der Waals surface area contributed by atoms with E-state index in [1.165, 1.54) is 6.20 Å². The van der Waals surface area contributed by atoms with E-state index in [2.05, 4.69) is 9.88 Å². The minimum absolute atomic E-state index is 0.271. The number of fused-ring (bicyclic) bond motifs is 1. The number of aromatic nitrogens is 1. The van der Waals surface area contributed by atoms with E-state index in [1.807, 2.05) is 58.9 Å². The van der Waals surface area contributed by atoms with E-state index in [1.54, 1.807) is 12.1 Å². The SMILES string of the molecule is CCN(CC)c1c(S(=O)(=O)c2ccc(C)c(C)c2)cnc2ccc(C)cc12. The number of anilines is 1. The molecule has 142 valence electrons. The fraction of sp³-hybridized carbons (Fsp3) is 0.318. The van der Waals surface area contributed by atoms with Crippen LogP contribution < -0.4 is 4.90 Å². The minimum atomic E-state index is -3.68. The van der Waals surface area contributed by atoms with Gasteiger partial charge < -0.3 is 4.90 Å². The largest absolute Gasteiger partial charge is 0.370 e. The zero-order valence-electron chi connectivity index (χ0n) is 16.6. The molecule has 0 aliphatic carbocycles. The molecule has 27 heavy (non-hydrogen) atoms. The van der Waals surface area contributed by atoms with Crippen molar-refractivity contribution in [3.8, 4) is 0 Å². The van der Waals surface area contributed by atoms with Crippen molar-refractivity contribution in [2.24, 2.45) is 0 Å². The number of hydrogen-bond donors (Lipinski definition) is 0. The fourth-order valence-electron chi connectivity index (χ4n) is 3.34. The van der Waals surface area contributed by atoms with Crippen LogP contribution in [-0.2, 0) is 9.84 Å². The summed E-state index contributed by atoms with van der Waals surface area (Å²) in [7, 11) is -3.68. The molecular formula is C22H26N2O2S. The van der Waals surface area contributed by atoms with Crippen LogP contribution in [0.1, 0.15) is 30.5 Å². The first-order valence-corrected chi connectivity index (χ1v) is 10.7. The fourth-order valence-corrected chi connectivity index (χ4v) is 4.86. The van der Waals surface area contributed by atoms with Crippen LogP contribution in [0, 0.1) is 20.8 Å². The summed E-state index contributed by atoms with van der Waals surface area (Å²) in [4.78, 5) is 7.14. The molecular weight excluding hydrogens is 356 g/mol. The molecule has 0 amide bonds. The van der Waals surface area contributed by atoms with Gasteiger partial charge >= 0.3 is 0 Å². The van der Waals surface area contributed by atoms with Crippen LogP contribution in [-0.4, -0.2) is 26.5 Å². The molecule has 0 spiro atoms. The van der Waals surface area contributed by atoms with E-state index in [-0.39, 0.29) is 4.90 Å². The van der Waals surface area contributed by atoms with Crippen molar-refractivity contribution < 1.29 is 8.42 Å². The Bertz CT molecular complexity index is 1100. The molecule has 0 radical (unpaired) electrons. The molecule has 2 aromatic carbocycles. The van der Waals surface area contributed by atoms with Crippen LogP contribution in [0.25, 0.3) is 10.9 Å². The van der Waals surface area contributed by atoms with Gasteiger partial charge in [-0.15, -0.1) is 0 Å². The highest BCUT2D eigenvalue weighted by molar-refractivity contribution is 7.91. The number of hydrogen-bond acceptors (Lipinski definition) is 4. The van der Waals surface area contributed by atoms with Gasteiger partial charge in [-0.1, -0.05) is 17.7 Å². The highest BCUT2D eigenvalue weighted by Crippen LogP contribution is 2.36. The van der Waals surface area contributed by atoms with Gasteiger partial charge in [-0.25, -0.2) is 8.42 Å². The molecule has 3 rings (SSSR count). The van der Waals surface area contributed by atoms with Crippen molar-refractivity contribution >= 4 is 26.4 Å². The molecule has 0 atom stereocenters. The lowest BCUT2D eigenvalue weighted by Gasteiger charge is -2.25. The highest BCUT2D eigenvalue weighted by Gasteiger charge is 2.26. The maximum Gasteiger partial charge on any atom is 0.210 e. The molecule has 0 unspecified atom stereocenters. The number of aryl methyl sites for hydroxylation is 3. The van der Waals surface area contributed by atoms with E-state index in [0.29, 0.717) is 4.90 Å². The summed E-state index contributed by atoms with van der Waals surface area (Å²) in [5.41, 5.74) is 4.67. The molecule has 0 saturated heterocycles. The zero-order valence-corrected chi connectivity index (χ0v) is 17.4. The second kappa shape index (κ2) is 7.31. The van der Waals surface area contributed by atoms with Crippen molar-refractivity contribution in [1.29, 1.82) is 0 Å². The Labute approximate surface area is 161 Å². The summed E-state index contributed by atoms with van der Waals surface area (Å²) < 4.78 is 27.0. The molecule has 0 fully saturated rings. The van der Waals surface area contributed by atoms with Crippen LogP contribution >= 0.6 is 0 Å². The number of nitrogens with zero attached hydrogens (tertiary/aromatic N) is 2. The van der Waals surface area contributed by atoms with Crippen molar-refractivity contribution in [2.75, 3.05) is 18.0 Å². The third-order valence-corrected chi connectivity index (χ3v) is 6.87. The monoisotopic (exact) mass is 382 g/mol. The summed E-state index contributed by atoms with van der Waals surface area (Å²) in [6.45, 7) is 11.4. The van der Waals surface area contributed by atoms with Gasteiger partial charge in [0.2, 0.25) is 9.84 Å². The normalized spacial score (nSPS) is 11.7. The lowest BCUT2D eigenvalue weighted by molar-refractivity contribution is 0.595. The van der Waals surface area contributed by atoms with E-state index in [0.717, 1.165) is 46.4 Å².